The molecule has 1 aliphatic carbocycles. The van der Waals surface area contributed by atoms with E-state index >= 15 is 0 Å². The molecule has 1 amide bonds. The summed E-state index contributed by atoms with van der Waals surface area (Å²) in [5.74, 6) is -1.000. The molecular weight excluding hydrogens is 402 g/mol. The normalized spacial score (nSPS) is 21.8. The Morgan fingerprint density at radius 3 is 2.37 bits per heavy atom. The zero-order valence-electron chi connectivity index (χ0n) is 16.8. The zero-order chi connectivity index (χ0) is 21.3. The summed E-state index contributed by atoms with van der Waals surface area (Å²) in [5, 5.41) is 11.8. The fourth-order valence-corrected chi connectivity index (χ4v) is 4.67. The monoisotopic (exact) mass is 425 g/mol. The van der Waals surface area contributed by atoms with Crippen LogP contribution >= 0.6 is 11.6 Å². The number of nitrogens with zero attached hydrogens (tertiary/aromatic N) is 1. The van der Waals surface area contributed by atoms with Crippen molar-refractivity contribution < 1.29 is 19.4 Å². The Morgan fingerprint density at radius 2 is 1.70 bits per heavy atom. The van der Waals surface area contributed by atoms with E-state index in [-0.39, 0.29) is 17.4 Å². The van der Waals surface area contributed by atoms with Gasteiger partial charge in [-0.05, 0) is 42.7 Å². The summed E-state index contributed by atoms with van der Waals surface area (Å²) in [6, 6.07) is 13.3. The molecule has 1 saturated carbocycles. The minimum absolute atomic E-state index is 0.0288. The maximum Gasteiger partial charge on any atom is 0.295 e. The number of methoxy groups -OCH3 is 1. The fourth-order valence-electron chi connectivity index (χ4n) is 4.54. The molecule has 0 bridgehead atoms. The van der Waals surface area contributed by atoms with Gasteiger partial charge in [-0.15, -0.1) is 0 Å². The number of amides is 1. The summed E-state index contributed by atoms with van der Waals surface area (Å²) in [7, 11) is 1.50. The van der Waals surface area contributed by atoms with Crippen LogP contribution < -0.4 is 4.74 Å². The number of Topliss-reactive ketones (excluding diaryl/α,β-unsaturated/α-hetero) is 1. The van der Waals surface area contributed by atoms with Crippen LogP contribution in [-0.2, 0) is 9.59 Å². The van der Waals surface area contributed by atoms with Crippen molar-refractivity contribution in [3.05, 3.63) is 70.3 Å². The Balaban J connectivity index is 1.89. The van der Waals surface area contributed by atoms with E-state index in [1.165, 1.54) is 7.11 Å². The standard InChI is InChI=1S/C24H24ClNO4/c1-30-19-10-6-5-9-18(19)22(27)20-21(15-11-13-16(25)14-12-15)26(24(29)23(20)28)17-7-3-2-4-8-17/h5-6,9-14,17,21,27H,2-4,7-8H2,1H3/b22-20-. The lowest BCUT2D eigenvalue weighted by atomic mass is 9.91. The SMILES string of the molecule is COc1ccccc1/C(O)=C1/C(=O)C(=O)N(C2CCCCC2)C1c1ccc(Cl)cc1. The van der Waals surface area contributed by atoms with Crippen molar-refractivity contribution in [1.82, 2.24) is 4.90 Å². The van der Waals surface area contributed by atoms with Crippen molar-refractivity contribution in [2.24, 2.45) is 0 Å². The molecule has 6 heteroatoms. The largest absolute Gasteiger partial charge is 0.507 e. The number of hydrogen-bond acceptors (Lipinski definition) is 4. The van der Waals surface area contributed by atoms with E-state index < -0.39 is 17.7 Å². The lowest BCUT2D eigenvalue weighted by molar-refractivity contribution is -0.141. The summed E-state index contributed by atoms with van der Waals surface area (Å²) in [6.45, 7) is 0. The molecule has 30 heavy (non-hydrogen) atoms. The summed E-state index contributed by atoms with van der Waals surface area (Å²) >= 11 is 6.07. The maximum atomic E-state index is 13.1. The van der Waals surface area contributed by atoms with Crippen LogP contribution in [0.3, 0.4) is 0 Å². The van der Waals surface area contributed by atoms with E-state index in [1.807, 2.05) is 12.1 Å². The van der Waals surface area contributed by atoms with Crippen molar-refractivity contribution in [3.8, 4) is 5.75 Å². The van der Waals surface area contributed by atoms with Crippen LogP contribution in [0.15, 0.2) is 54.1 Å². The minimum Gasteiger partial charge on any atom is -0.507 e. The predicted molar refractivity (Wildman–Crippen MR) is 115 cm³/mol. The molecule has 2 aromatic rings. The minimum atomic E-state index is -0.663. The lowest BCUT2D eigenvalue weighted by Gasteiger charge is -2.35. The van der Waals surface area contributed by atoms with Crippen molar-refractivity contribution in [1.29, 1.82) is 0 Å². The van der Waals surface area contributed by atoms with Gasteiger partial charge in [-0.3, -0.25) is 9.59 Å². The molecule has 1 unspecified atom stereocenters. The number of likely N-dealkylation sites (tertiary alicyclic amines) is 1. The van der Waals surface area contributed by atoms with Gasteiger partial charge in [-0.2, -0.15) is 0 Å². The third-order valence-electron chi connectivity index (χ3n) is 6.00. The van der Waals surface area contributed by atoms with Crippen molar-refractivity contribution in [3.63, 3.8) is 0 Å². The quantitative estimate of drug-likeness (QED) is 0.420. The first-order chi connectivity index (χ1) is 14.5. The third-order valence-corrected chi connectivity index (χ3v) is 6.25. The number of benzene rings is 2. The first kappa shape index (κ1) is 20.5. The molecule has 1 heterocycles. The first-order valence-corrected chi connectivity index (χ1v) is 10.6. The van der Waals surface area contributed by atoms with Crippen LogP contribution in [0, 0.1) is 0 Å². The van der Waals surface area contributed by atoms with E-state index in [1.54, 1.807) is 41.3 Å². The second kappa shape index (κ2) is 8.52. The summed E-state index contributed by atoms with van der Waals surface area (Å²) in [4.78, 5) is 27.9. The highest BCUT2D eigenvalue weighted by Crippen LogP contribution is 2.44. The molecule has 0 radical (unpaired) electrons. The molecule has 1 aliphatic heterocycles. The van der Waals surface area contributed by atoms with Crippen molar-refractivity contribution >= 4 is 29.1 Å². The molecule has 2 aromatic carbocycles. The van der Waals surface area contributed by atoms with Crippen LogP contribution in [0.1, 0.15) is 49.3 Å². The Hall–Kier alpha value is -2.79. The van der Waals surface area contributed by atoms with Crippen LogP contribution in [0.4, 0.5) is 0 Å². The molecule has 2 fully saturated rings. The lowest BCUT2D eigenvalue weighted by Crippen LogP contribution is -2.40. The number of ether oxygens (including phenoxy) is 1. The third kappa shape index (κ3) is 3.58. The van der Waals surface area contributed by atoms with Gasteiger partial charge in [0.05, 0.1) is 24.3 Å². The molecule has 0 aromatic heterocycles. The zero-order valence-corrected chi connectivity index (χ0v) is 17.6. The second-order valence-corrected chi connectivity index (χ2v) is 8.19. The van der Waals surface area contributed by atoms with E-state index in [0.29, 0.717) is 16.3 Å². The summed E-state index contributed by atoms with van der Waals surface area (Å²) in [6.07, 6.45) is 4.88. The van der Waals surface area contributed by atoms with Gasteiger partial charge >= 0.3 is 0 Å². The fraction of sp³-hybridized carbons (Fsp3) is 0.333. The van der Waals surface area contributed by atoms with E-state index in [9.17, 15) is 14.7 Å². The van der Waals surface area contributed by atoms with Gasteiger partial charge in [0, 0.05) is 11.1 Å². The van der Waals surface area contributed by atoms with Gasteiger partial charge in [-0.1, -0.05) is 55.1 Å². The average Bonchev–Trinajstić information content (AvgIpc) is 3.05. The van der Waals surface area contributed by atoms with Crippen molar-refractivity contribution in [2.75, 3.05) is 7.11 Å². The number of rotatable bonds is 4. The van der Waals surface area contributed by atoms with Crippen LogP contribution in [-0.4, -0.2) is 34.8 Å². The second-order valence-electron chi connectivity index (χ2n) is 7.75. The Morgan fingerprint density at radius 1 is 1.03 bits per heavy atom. The number of aliphatic hydroxyl groups excluding tert-OH is 1. The van der Waals surface area contributed by atoms with Gasteiger partial charge in [0.25, 0.3) is 11.7 Å². The highest BCUT2D eigenvalue weighted by molar-refractivity contribution is 6.46. The number of aliphatic hydroxyl groups is 1. The first-order valence-electron chi connectivity index (χ1n) is 10.2. The topological polar surface area (TPSA) is 66.8 Å². The molecule has 1 N–H and O–H groups in total. The average molecular weight is 426 g/mol. The van der Waals surface area contributed by atoms with Crippen LogP contribution in [0.5, 0.6) is 5.75 Å². The van der Waals surface area contributed by atoms with Gasteiger partial charge in [0.15, 0.2) is 0 Å². The molecule has 4 rings (SSSR count). The molecule has 1 saturated heterocycles. The predicted octanol–water partition coefficient (Wildman–Crippen LogP) is 5.10. The number of ketones is 1. The number of halogens is 1. The van der Waals surface area contributed by atoms with Crippen LogP contribution in [0.2, 0.25) is 5.02 Å². The maximum absolute atomic E-state index is 13.1. The van der Waals surface area contributed by atoms with Gasteiger partial charge in [0.2, 0.25) is 0 Å². The number of para-hydroxylation sites is 1. The molecule has 5 nitrogen and oxygen atoms in total. The molecule has 2 aliphatic rings. The van der Waals surface area contributed by atoms with E-state index in [4.69, 9.17) is 16.3 Å². The Kier molecular flexibility index (Phi) is 5.82. The van der Waals surface area contributed by atoms with Gasteiger partial charge in [-0.25, -0.2) is 0 Å². The van der Waals surface area contributed by atoms with E-state index in [2.05, 4.69) is 0 Å². The summed E-state index contributed by atoms with van der Waals surface area (Å²) < 4.78 is 5.37. The number of carbonyl (C=O) groups excluding carboxylic acids is 2. The molecule has 0 spiro atoms. The molecule has 156 valence electrons. The molecular formula is C24H24ClNO4. The van der Waals surface area contributed by atoms with E-state index in [0.717, 1.165) is 37.7 Å². The Labute approximate surface area is 180 Å². The number of hydrogen-bond donors (Lipinski definition) is 1. The highest BCUT2D eigenvalue weighted by Gasteiger charge is 2.49. The van der Waals surface area contributed by atoms with Crippen LogP contribution in [0.25, 0.3) is 5.76 Å². The van der Waals surface area contributed by atoms with Gasteiger partial charge in [0.1, 0.15) is 11.5 Å². The molecule has 1 atom stereocenters. The van der Waals surface area contributed by atoms with Crippen molar-refractivity contribution in [2.45, 2.75) is 44.2 Å². The summed E-state index contributed by atoms with van der Waals surface area (Å²) in [5.41, 5.74) is 1.23. The number of carbonyl (C=O) groups is 2. The highest BCUT2D eigenvalue weighted by atomic mass is 35.5. The van der Waals surface area contributed by atoms with Gasteiger partial charge < -0.3 is 14.7 Å². The smallest absolute Gasteiger partial charge is 0.295 e. The Bertz CT molecular complexity index is 993.